The number of anilines is 1. The number of hydrogen-bond donors (Lipinski definition) is 2. The van der Waals surface area contributed by atoms with Gasteiger partial charge < -0.3 is 10.6 Å². The van der Waals surface area contributed by atoms with E-state index >= 15 is 0 Å². The third-order valence-corrected chi connectivity index (χ3v) is 2.07. The van der Waals surface area contributed by atoms with Crippen LogP contribution in [0.25, 0.3) is 0 Å². The Labute approximate surface area is 99.4 Å². The van der Waals surface area contributed by atoms with Crippen LogP contribution in [-0.2, 0) is 4.79 Å². The van der Waals surface area contributed by atoms with E-state index in [2.05, 4.69) is 10.6 Å². The monoisotopic (exact) mass is 235 g/mol. The van der Waals surface area contributed by atoms with Crippen LogP contribution in [0.4, 0.5) is 10.1 Å². The molecule has 90 valence electrons. The Kier molecular flexibility index (Phi) is 4.61. The van der Waals surface area contributed by atoms with Gasteiger partial charge in [-0.25, -0.2) is 4.39 Å². The number of nitrogens with one attached hydrogen (secondary N) is 2. The molecule has 0 bridgehead atoms. The first-order valence-electron chi connectivity index (χ1n) is 5.26. The lowest BCUT2D eigenvalue weighted by Gasteiger charge is -2.10. The van der Waals surface area contributed by atoms with Crippen LogP contribution in [0.5, 0.6) is 0 Å². The van der Waals surface area contributed by atoms with Crippen LogP contribution in [0.3, 0.4) is 0 Å². The molecule has 17 heavy (non-hydrogen) atoms. The van der Waals surface area contributed by atoms with Gasteiger partial charge in [-0.05, 0) is 12.1 Å². The number of benzene rings is 1. The zero-order valence-electron chi connectivity index (χ0n) is 9.75. The second-order valence-electron chi connectivity index (χ2n) is 3.86. The van der Waals surface area contributed by atoms with Gasteiger partial charge in [-0.3, -0.25) is 4.79 Å². The number of carbonyl (C=O) groups is 1. The van der Waals surface area contributed by atoms with Crippen molar-refractivity contribution in [3.63, 3.8) is 0 Å². The number of amides is 1. The summed E-state index contributed by atoms with van der Waals surface area (Å²) in [5.74, 6) is -0.942. The fraction of sp³-hybridized carbons (Fsp3) is 0.333. The summed E-state index contributed by atoms with van der Waals surface area (Å²) >= 11 is 0. The van der Waals surface area contributed by atoms with Gasteiger partial charge in [-0.15, -0.1) is 0 Å². The van der Waals surface area contributed by atoms with Crippen LogP contribution in [0, 0.1) is 17.1 Å². The van der Waals surface area contributed by atoms with Crippen LogP contribution >= 0.6 is 0 Å². The topological polar surface area (TPSA) is 64.9 Å². The summed E-state index contributed by atoms with van der Waals surface area (Å²) < 4.78 is 13.2. The standard InChI is InChI=1S/C12H14FN3O/c1-8(2)15-7-12(17)16-11-5-3-4-10(13)9(11)6-14/h3-5,8,15H,7H2,1-2H3,(H,16,17). The third kappa shape index (κ3) is 3.85. The van der Waals surface area contributed by atoms with E-state index in [1.54, 1.807) is 6.07 Å². The summed E-state index contributed by atoms with van der Waals surface area (Å²) in [5.41, 5.74) is 0.0495. The first-order valence-corrected chi connectivity index (χ1v) is 5.26. The number of rotatable bonds is 4. The number of carbonyl (C=O) groups excluding carboxylic acids is 1. The molecule has 0 radical (unpaired) electrons. The molecule has 0 aromatic heterocycles. The van der Waals surface area contributed by atoms with Gasteiger partial charge in [0.1, 0.15) is 17.4 Å². The SMILES string of the molecule is CC(C)NCC(=O)Nc1cccc(F)c1C#N. The van der Waals surface area contributed by atoms with E-state index in [1.165, 1.54) is 18.2 Å². The molecule has 0 spiro atoms. The molecule has 1 amide bonds. The minimum atomic E-state index is -0.637. The van der Waals surface area contributed by atoms with Gasteiger partial charge in [0, 0.05) is 6.04 Å². The van der Waals surface area contributed by atoms with Crippen LogP contribution in [-0.4, -0.2) is 18.5 Å². The van der Waals surface area contributed by atoms with Crippen LogP contribution in [0.1, 0.15) is 19.4 Å². The summed E-state index contributed by atoms with van der Waals surface area (Å²) in [4.78, 5) is 11.5. The zero-order valence-corrected chi connectivity index (χ0v) is 9.75. The lowest BCUT2D eigenvalue weighted by molar-refractivity contribution is -0.115. The number of halogens is 1. The molecule has 1 rings (SSSR count). The van der Waals surface area contributed by atoms with E-state index in [4.69, 9.17) is 5.26 Å². The van der Waals surface area contributed by atoms with Gasteiger partial charge in [-0.1, -0.05) is 19.9 Å². The minimum Gasteiger partial charge on any atom is -0.324 e. The highest BCUT2D eigenvalue weighted by atomic mass is 19.1. The van der Waals surface area contributed by atoms with Crippen molar-refractivity contribution in [2.45, 2.75) is 19.9 Å². The highest BCUT2D eigenvalue weighted by Crippen LogP contribution is 2.17. The van der Waals surface area contributed by atoms with Gasteiger partial charge in [0.05, 0.1) is 12.2 Å². The van der Waals surface area contributed by atoms with E-state index in [0.717, 1.165) is 0 Å². The van der Waals surface area contributed by atoms with Crippen molar-refractivity contribution in [3.8, 4) is 6.07 Å². The van der Waals surface area contributed by atoms with Crippen LogP contribution in [0.15, 0.2) is 18.2 Å². The molecule has 0 aliphatic rings. The molecule has 0 heterocycles. The van der Waals surface area contributed by atoms with Gasteiger partial charge in [-0.2, -0.15) is 5.26 Å². The van der Waals surface area contributed by atoms with E-state index in [-0.39, 0.29) is 29.7 Å². The summed E-state index contributed by atoms with van der Waals surface area (Å²) in [5, 5.41) is 14.2. The molecular formula is C12H14FN3O. The molecule has 0 saturated heterocycles. The fourth-order valence-electron chi connectivity index (χ4n) is 1.23. The van der Waals surface area contributed by atoms with Crippen molar-refractivity contribution in [3.05, 3.63) is 29.6 Å². The Hall–Kier alpha value is -1.93. The predicted molar refractivity (Wildman–Crippen MR) is 62.9 cm³/mol. The van der Waals surface area contributed by atoms with Crippen molar-refractivity contribution in [1.29, 1.82) is 5.26 Å². The molecule has 0 unspecified atom stereocenters. The lowest BCUT2D eigenvalue weighted by atomic mass is 10.2. The summed E-state index contributed by atoms with van der Waals surface area (Å²) in [6, 6.07) is 6.03. The Morgan fingerprint density at radius 3 is 2.82 bits per heavy atom. The summed E-state index contributed by atoms with van der Waals surface area (Å²) in [6.45, 7) is 3.95. The molecule has 0 aliphatic carbocycles. The van der Waals surface area contributed by atoms with Crippen molar-refractivity contribution in [2.75, 3.05) is 11.9 Å². The number of nitriles is 1. The highest BCUT2D eigenvalue weighted by molar-refractivity contribution is 5.93. The molecule has 1 aromatic rings. The molecule has 1 aromatic carbocycles. The zero-order chi connectivity index (χ0) is 12.8. The van der Waals surface area contributed by atoms with E-state index in [0.29, 0.717) is 0 Å². The average Bonchev–Trinajstić information content (AvgIpc) is 2.27. The maximum Gasteiger partial charge on any atom is 0.238 e. The number of nitrogens with zero attached hydrogens (tertiary/aromatic N) is 1. The van der Waals surface area contributed by atoms with Crippen molar-refractivity contribution < 1.29 is 9.18 Å². The maximum absolute atomic E-state index is 13.2. The van der Waals surface area contributed by atoms with Gasteiger partial charge in [0.25, 0.3) is 0 Å². The second kappa shape index (κ2) is 5.97. The Balaban J connectivity index is 2.72. The molecule has 0 aliphatic heterocycles. The summed E-state index contributed by atoms with van der Waals surface area (Å²) in [6.07, 6.45) is 0. The highest BCUT2D eigenvalue weighted by Gasteiger charge is 2.10. The van der Waals surface area contributed by atoms with Crippen LogP contribution in [0.2, 0.25) is 0 Å². The number of hydrogen-bond acceptors (Lipinski definition) is 3. The summed E-state index contributed by atoms with van der Waals surface area (Å²) in [7, 11) is 0. The molecule has 0 fully saturated rings. The van der Waals surface area contributed by atoms with Crippen molar-refractivity contribution >= 4 is 11.6 Å². The molecule has 4 nitrogen and oxygen atoms in total. The second-order valence-corrected chi connectivity index (χ2v) is 3.86. The first kappa shape index (κ1) is 13.1. The van der Waals surface area contributed by atoms with E-state index < -0.39 is 5.82 Å². The van der Waals surface area contributed by atoms with Gasteiger partial charge in [0.2, 0.25) is 5.91 Å². The normalized spacial score (nSPS) is 10.1. The lowest BCUT2D eigenvalue weighted by Crippen LogP contribution is -2.32. The Bertz CT molecular complexity index is 452. The Morgan fingerprint density at radius 2 is 2.24 bits per heavy atom. The van der Waals surface area contributed by atoms with Gasteiger partial charge in [0.15, 0.2) is 0 Å². The van der Waals surface area contributed by atoms with Crippen molar-refractivity contribution in [1.82, 2.24) is 5.32 Å². The molecule has 0 saturated carbocycles. The average molecular weight is 235 g/mol. The quantitative estimate of drug-likeness (QED) is 0.833. The minimum absolute atomic E-state index is 0.124. The predicted octanol–water partition coefficient (Wildman–Crippen LogP) is 1.63. The smallest absolute Gasteiger partial charge is 0.238 e. The molecule has 0 atom stereocenters. The largest absolute Gasteiger partial charge is 0.324 e. The van der Waals surface area contributed by atoms with E-state index in [1.807, 2.05) is 13.8 Å². The Morgan fingerprint density at radius 1 is 1.53 bits per heavy atom. The maximum atomic E-state index is 13.2. The van der Waals surface area contributed by atoms with Gasteiger partial charge >= 0.3 is 0 Å². The molecular weight excluding hydrogens is 221 g/mol. The fourth-order valence-corrected chi connectivity index (χ4v) is 1.23. The van der Waals surface area contributed by atoms with Crippen molar-refractivity contribution in [2.24, 2.45) is 0 Å². The van der Waals surface area contributed by atoms with E-state index in [9.17, 15) is 9.18 Å². The molecule has 2 N–H and O–H groups in total. The van der Waals surface area contributed by atoms with Crippen LogP contribution < -0.4 is 10.6 Å². The molecule has 5 heteroatoms. The third-order valence-electron chi connectivity index (χ3n) is 2.07. The first-order chi connectivity index (χ1) is 8.04.